The lowest BCUT2D eigenvalue weighted by Crippen LogP contribution is -2.24. The van der Waals surface area contributed by atoms with Gasteiger partial charge in [-0.25, -0.2) is 4.98 Å². The highest BCUT2D eigenvalue weighted by molar-refractivity contribution is 6.35. The summed E-state index contributed by atoms with van der Waals surface area (Å²) in [6, 6.07) is 11.2. The van der Waals surface area contributed by atoms with Crippen molar-refractivity contribution >= 4 is 40.8 Å². The fourth-order valence-electron chi connectivity index (χ4n) is 2.24. The zero-order chi connectivity index (χ0) is 19.9. The lowest BCUT2D eigenvalue weighted by molar-refractivity contribution is -0.118. The lowest BCUT2D eigenvalue weighted by Gasteiger charge is -2.09. The molecule has 2 N–H and O–H groups in total. The van der Waals surface area contributed by atoms with Crippen LogP contribution in [0, 0.1) is 0 Å². The molecule has 28 heavy (non-hydrogen) atoms. The minimum Gasteiger partial charge on any atom is -0.482 e. The molecule has 0 fully saturated rings. The van der Waals surface area contributed by atoms with Gasteiger partial charge in [0.2, 0.25) is 0 Å². The van der Waals surface area contributed by atoms with Gasteiger partial charge in [0, 0.05) is 16.8 Å². The average Bonchev–Trinajstić information content (AvgIpc) is 3.19. The van der Waals surface area contributed by atoms with Crippen molar-refractivity contribution < 1.29 is 18.7 Å². The number of ether oxygens (including phenoxy) is 1. The Hall–Kier alpha value is -3.03. The van der Waals surface area contributed by atoms with Crippen molar-refractivity contribution in [3.8, 4) is 5.75 Å². The second-order valence-corrected chi connectivity index (χ2v) is 6.45. The number of nitrogens with one attached hydrogen (secondary N) is 2. The molecule has 0 bridgehead atoms. The van der Waals surface area contributed by atoms with E-state index in [2.05, 4.69) is 15.6 Å². The van der Waals surface area contributed by atoms with Gasteiger partial charge in [0.05, 0.1) is 17.8 Å². The van der Waals surface area contributed by atoms with Gasteiger partial charge in [0.25, 0.3) is 11.8 Å². The molecular weight excluding hydrogens is 405 g/mol. The van der Waals surface area contributed by atoms with Crippen LogP contribution in [0.2, 0.25) is 10.0 Å². The Labute approximate surface area is 170 Å². The molecule has 0 spiro atoms. The van der Waals surface area contributed by atoms with E-state index in [0.717, 1.165) is 0 Å². The number of benzene rings is 1. The van der Waals surface area contributed by atoms with Crippen molar-refractivity contribution in [1.82, 2.24) is 10.3 Å². The normalized spacial score (nSPS) is 10.4. The van der Waals surface area contributed by atoms with E-state index in [1.165, 1.54) is 30.7 Å². The van der Waals surface area contributed by atoms with Gasteiger partial charge in [0.15, 0.2) is 6.61 Å². The molecule has 3 rings (SSSR count). The van der Waals surface area contributed by atoms with Crippen LogP contribution in [0.4, 0.5) is 5.82 Å². The van der Waals surface area contributed by atoms with Gasteiger partial charge in [-0.1, -0.05) is 23.2 Å². The van der Waals surface area contributed by atoms with E-state index in [1.807, 2.05) is 0 Å². The first-order chi connectivity index (χ1) is 13.5. The molecule has 1 aromatic carbocycles. The third-order valence-electron chi connectivity index (χ3n) is 3.55. The topological polar surface area (TPSA) is 93.5 Å². The largest absolute Gasteiger partial charge is 0.482 e. The molecule has 0 atom stereocenters. The van der Waals surface area contributed by atoms with Crippen LogP contribution in [0.15, 0.2) is 59.3 Å². The minimum atomic E-state index is -0.452. The fourth-order valence-corrected chi connectivity index (χ4v) is 2.70. The summed E-state index contributed by atoms with van der Waals surface area (Å²) in [5.41, 5.74) is 0.346. The molecule has 2 amide bonds. The molecule has 0 saturated carbocycles. The first kappa shape index (κ1) is 19.7. The highest BCUT2D eigenvalue weighted by Gasteiger charge is 2.11. The molecule has 0 saturated heterocycles. The number of rotatable bonds is 7. The summed E-state index contributed by atoms with van der Waals surface area (Å²) in [4.78, 5) is 28.3. The maximum Gasteiger partial charge on any atom is 0.263 e. The van der Waals surface area contributed by atoms with Crippen molar-refractivity contribution in [2.75, 3.05) is 11.9 Å². The molecule has 0 radical (unpaired) electrons. The molecule has 0 aliphatic rings. The summed E-state index contributed by atoms with van der Waals surface area (Å²) in [6.45, 7) is -0.0243. The van der Waals surface area contributed by atoms with Crippen molar-refractivity contribution in [3.05, 3.63) is 76.3 Å². The van der Waals surface area contributed by atoms with E-state index < -0.39 is 5.91 Å². The van der Waals surface area contributed by atoms with E-state index in [9.17, 15) is 9.59 Å². The van der Waals surface area contributed by atoms with Crippen LogP contribution in [0.25, 0.3) is 0 Å². The van der Waals surface area contributed by atoms with E-state index in [0.29, 0.717) is 27.1 Å². The Kier molecular flexibility index (Phi) is 6.52. The van der Waals surface area contributed by atoms with Gasteiger partial charge in [-0.05, 0) is 42.5 Å². The SMILES string of the molecule is O=C(COc1ccc(Cl)cc1Cl)Nc1cc(C(=O)NCc2ccco2)ccn1. The third-order valence-corrected chi connectivity index (χ3v) is 4.08. The molecule has 2 aromatic heterocycles. The number of hydrogen-bond donors (Lipinski definition) is 2. The third kappa shape index (κ3) is 5.48. The minimum absolute atomic E-state index is 0.224. The molecule has 0 aliphatic carbocycles. The van der Waals surface area contributed by atoms with Gasteiger partial charge in [-0.3, -0.25) is 9.59 Å². The number of anilines is 1. The van der Waals surface area contributed by atoms with Crippen molar-refractivity contribution in [2.45, 2.75) is 6.54 Å². The number of carbonyl (C=O) groups excluding carboxylic acids is 2. The number of carbonyl (C=O) groups is 2. The van der Waals surface area contributed by atoms with Gasteiger partial charge >= 0.3 is 0 Å². The first-order valence-electron chi connectivity index (χ1n) is 8.15. The summed E-state index contributed by atoms with van der Waals surface area (Å²) in [5.74, 6) is 0.417. The van der Waals surface area contributed by atoms with Crippen molar-refractivity contribution in [1.29, 1.82) is 0 Å². The Morgan fingerprint density at radius 3 is 2.75 bits per heavy atom. The van der Waals surface area contributed by atoms with Gasteiger partial charge in [-0.15, -0.1) is 0 Å². The molecule has 144 valence electrons. The first-order valence-corrected chi connectivity index (χ1v) is 8.91. The Balaban J connectivity index is 1.54. The summed E-state index contributed by atoms with van der Waals surface area (Å²) in [6.07, 6.45) is 2.95. The Bertz CT molecular complexity index is 977. The Morgan fingerprint density at radius 2 is 2.00 bits per heavy atom. The van der Waals surface area contributed by atoms with E-state index in [-0.39, 0.29) is 24.9 Å². The molecule has 9 heteroatoms. The predicted molar refractivity (Wildman–Crippen MR) is 105 cm³/mol. The van der Waals surface area contributed by atoms with E-state index >= 15 is 0 Å². The van der Waals surface area contributed by atoms with Crippen molar-refractivity contribution in [3.63, 3.8) is 0 Å². The smallest absolute Gasteiger partial charge is 0.263 e. The lowest BCUT2D eigenvalue weighted by atomic mass is 10.2. The number of halogens is 2. The summed E-state index contributed by atoms with van der Waals surface area (Å²) in [7, 11) is 0. The number of nitrogens with zero attached hydrogens (tertiary/aromatic N) is 1. The average molecular weight is 420 g/mol. The molecule has 0 aliphatic heterocycles. The number of pyridine rings is 1. The molecule has 0 unspecified atom stereocenters. The highest BCUT2D eigenvalue weighted by atomic mass is 35.5. The van der Waals surface area contributed by atoms with E-state index in [1.54, 1.807) is 24.3 Å². The highest BCUT2D eigenvalue weighted by Crippen LogP contribution is 2.27. The zero-order valence-electron chi connectivity index (χ0n) is 14.4. The maximum absolute atomic E-state index is 12.2. The summed E-state index contributed by atoms with van der Waals surface area (Å²) < 4.78 is 10.5. The maximum atomic E-state index is 12.2. The van der Waals surface area contributed by atoms with Gasteiger partial charge < -0.3 is 19.8 Å². The van der Waals surface area contributed by atoms with Crippen LogP contribution in [0.5, 0.6) is 5.75 Å². The monoisotopic (exact) mass is 419 g/mol. The number of aromatic nitrogens is 1. The number of furan rings is 1. The second kappa shape index (κ2) is 9.25. The predicted octanol–water partition coefficient (Wildman–Crippen LogP) is 3.93. The second-order valence-electron chi connectivity index (χ2n) is 5.60. The van der Waals surface area contributed by atoms with Crippen LogP contribution in [-0.2, 0) is 11.3 Å². The van der Waals surface area contributed by atoms with Crippen molar-refractivity contribution in [2.24, 2.45) is 0 Å². The van der Waals surface area contributed by atoms with Crippen LogP contribution >= 0.6 is 23.2 Å². The van der Waals surface area contributed by atoms with Gasteiger partial charge in [0.1, 0.15) is 17.3 Å². The van der Waals surface area contributed by atoms with Crippen LogP contribution in [-0.4, -0.2) is 23.4 Å². The number of hydrogen-bond acceptors (Lipinski definition) is 5. The van der Waals surface area contributed by atoms with Crippen LogP contribution in [0.1, 0.15) is 16.1 Å². The molecule has 3 aromatic rings. The van der Waals surface area contributed by atoms with E-state index in [4.69, 9.17) is 32.4 Å². The number of amides is 2. The fraction of sp³-hybridized carbons (Fsp3) is 0.105. The standard InChI is InChI=1S/C19H15Cl2N3O4/c20-13-3-4-16(15(21)9-13)28-11-18(25)24-17-8-12(5-6-22-17)19(26)23-10-14-2-1-7-27-14/h1-9H,10-11H2,(H,23,26)(H,22,24,25). The molecule has 7 nitrogen and oxygen atoms in total. The summed E-state index contributed by atoms with van der Waals surface area (Å²) >= 11 is 11.8. The van der Waals surface area contributed by atoms with Crippen LogP contribution in [0.3, 0.4) is 0 Å². The van der Waals surface area contributed by atoms with Gasteiger partial charge in [-0.2, -0.15) is 0 Å². The Morgan fingerprint density at radius 1 is 1.14 bits per heavy atom. The quantitative estimate of drug-likeness (QED) is 0.604. The zero-order valence-corrected chi connectivity index (χ0v) is 16.0. The summed E-state index contributed by atoms with van der Waals surface area (Å²) in [5, 5.41) is 6.05. The molecule has 2 heterocycles. The molecular formula is C19H15Cl2N3O4. The van der Waals surface area contributed by atoms with Crippen LogP contribution < -0.4 is 15.4 Å².